The van der Waals surface area contributed by atoms with E-state index in [9.17, 15) is 19.8 Å². The lowest BCUT2D eigenvalue weighted by Crippen LogP contribution is -2.78. The van der Waals surface area contributed by atoms with Gasteiger partial charge in [0.15, 0.2) is 23.3 Å². The van der Waals surface area contributed by atoms with Crippen LogP contribution in [0.2, 0.25) is 0 Å². The quantitative estimate of drug-likeness (QED) is 0.175. The van der Waals surface area contributed by atoms with Crippen molar-refractivity contribution >= 4 is 23.7 Å². The molecule has 4 atom stereocenters. The molecule has 0 aliphatic carbocycles. The summed E-state index contributed by atoms with van der Waals surface area (Å²) < 4.78 is 0. The van der Waals surface area contributed by atoms with Crippen LogP contribution < -0.4 is 27.4 Å². The van der Waals surface area contributed by atoms with Gasteiger partial charge in [-0.05, 0) is 48.7 Å². The number of nitrogens with one attached hydrogen (secondary N) is 3. The molecule has 2 aromatic carbocycles. The van der Waals surface area contributed by atoms with Gasteiger partial charge in [0.05, 0.1) is 11.7 Å². The first-order valence-electron chi connectivity index (χ1n) is 13.7. The Bertz CT molecular complexity index is 1640. The molecule has 1 spiro atoms. The number of hydrogen-bond donors (Lipinski definition) is 7. The molecule has 3 aromatic rings. The normalized spacial score (nSPS) is 25.1. The van der Waals surface area contributed by atoms with Gasteiger partial charge in [-0.1, -0.05) is 42.5 Å². The number of aliphatic hydroxyl groups is 2. The van der Waals surface area contributed by atoms with E-state index in [0.29, 0.717) is 11.3 Å². The Kier molecular flexibility index (Phi) is 6.74. The van der Waals surface area contributed by atoms with Crippen molar-refractivity contribution in [2.75, 3.05) is 13.1 Å². The standard InChI is InChI=1S/C29H32N10O4/c1-15-11-12-20(38-37-15)25(41)32-13-21-23-28(36-26(30)35-23)29(42,43)22(14-39(28)27(31)33-21)34-24(40)19-10-6-9-18(16(19)2)17-7-4-3-5-8-17/h3-12,21-23,42-43H,13-14H2,1-2H3,(H2,31,33)(H,32,41)(H,34,40)(H3,30,35,36)/t21-,22?,23?,28?/m0/s1. The highest BCUT2D eigenvalue weighted by molar-refractivity contribution is 5.98. The zero-order valence-corrected chi connectivity index (χ0v) is 23.5. The predicted octanol–water partition coefficient (Wildman–Crippen LogP) is -1.03. The van der Waals surface area contributed by atoms with Gasteiger partial charge in [0.25, 0.3) is 11.8 Å². The molecule has 0 saturated carbocycles. The van der Waals surface area contributed by atoms with Crippen LogP contribution >= 0.6 is 0 Å². The summed E-state index contributed by atoms with van der Waals surface area (Å²) >= 11 is 0. The molecular weight excluding hydrogens is 552 g/mol. The Balaban J connectivity index is 1.25. The molecule has 4 heterocycles. The van der Waals surface area contributed by atoms with Gasteiger partial charge < -0.3 is 42.5 Å². The topological polar surface area (TPSA) is 216 Å². The summed E-state index contributed by atoms with van der Waals surface area (Å²) in [5, 5.41) is 39.7. The van der Waals surface area contributed by atoms with Gasteiger partial charge in [0.1, 0.15) is 12.1 Å². The summed E-state index contributed by atoms with van der Waals surface area (Å²) in [6.45, 7) is 3.43. The lowest BCUT2D eigenvalue weighted by molar-refractivity contribution is -0.230. The molecule has 222 valence electrons. The highest BCUT2D eigenvalue weighted by atomic mass is 16.5. The number of carbonyl (C=O) groups is 2. The minimum atomic E-state index is -2.62. The van der Waals surface area contributed by atoms with Gasteiger partial charge in [-0.25, -0.2) is 9.98 Å². The molecular formula is C29H32N10O4. The summed E-state index contributed by atoms with van der Waals surface area (Å²) in [6.07, 6.45) is 0. The molecule has 3 unspecified atom stereocenters. The maximum Gasteiger partial charge on any atom is 0.271 e. The summed E-state index contributed by atoms with van der Waals surface area (Å²) in [5.41, 5.74) is 14.4. The fraction of sp³-hybridized carbons (Fsp3) is 0.310. The number of nitrogens with two attached hydrogens (primary N) is 2. The largest absolute Gasteiger partial charge is 0.370 e. The monoisotopic (exact) mass is 584 g/mol. The van der Waals surface area contributed by atoms with Crippen molar-refractivity contribution in [1.29, 1.82) is 0 Å². The van der Waals surface area contributed by atoms with Crippen LogP contribution in [0.25, 0.3) is 11.1 Å². The fourth-order valence-electron chi connectivity index (χ4n) is 6.11. The van der Waals surface area contributed by atoms with Crippen molar-refractivity contribution in [2.24, 2.45) is 21.5 Å². The van der Waals surface area contributed by atoms with Crippen molar-refractivity contribution in [3.63, 3.8) is 0 Å². The summed E-state index contributed by atoms with van der Waals surface area (Å²) in [6, 6.07) is 15.2. The average Bonchev–Trinajstić information content (AvgIpc) is 3.46. The van der Waals surface area contributed by atoms with E-state index >= 15 is 0 Å². The van der Waals surface area contributed by atoms with Crippen molar-refractivity contribution in [3.05, 3.63) is 83.2 Å². The third-order valence-electron chi connectivity index (χ3n) is 8.27. The van der Waals surface area contributed by atoms with E-state index in [1.807, 2.05) is 43.3 Å². The molecule has 0 bridgehead atoms. The first kappa shape index (κ1) is 28.1. The van der Waals surface area contributed by atoms with Gasteiger partial charge in [-0.3, -0.25) is 9.59 Å². The van der Waals surface area contributed by atoms with Gasteiger partial charge >= 0.3 is 0 Å². The minimum absolute atomic E-state index is 0.0329. The van der Waals surface area contributed by atoms with E-state index in [4.69, 9.17) is 11.5 Å². The van der Waals surface area contributed by atoms with Crippen LogP contribution in [0.15, 0.2) is 70.6 Å². The van der Waals surface area contributed by atoms with Crippen LogP contribution in [0, 0.1) is 13.8 Å². The Morgan fingerprint density at radius 2 is 1.77 bits per heavy atom. The number of aryl methyl sites for hydroxylation is 1. The third-order valence-corrected chi connectivity index (χ3v) is 8.27. The minimum Gasteiger partial charge on any atom is -0.370 e. The molecule has 0 radical (unpaired) electrons. The second-order valence-corrected chi connectivity index (χ2v) is 10.9. The molecule has 43 heavy (non-hydrogen) atoms. The van der Waals surface area contributed by atoms with Crippen molar-refractivity contribution in [1.82, 2.24) is 31.0 Å². The number of amides is 2. The first-order valence-corrected chi connectivity index (χ1v) is 13.7. The van der Waals surface area contributed by atoms with Crippen molar-refractivity contribution in [3.8, 4) is 11.1 Å². The SMILES string of the molecule is Cc1ccc(C(=O)NC[C@@H]2N=C(N)N3CC(NC(=O)c4cccc(-c5ccccc5)c4C)C(O)(O)C34NC(N)=NC24)nn1. The van der Waals surface area contributed by atoms with Crippen LogP contribution in [-0.2, 0) is 0 Å². The maximum absolute atomic E-state index is 13.6. The molecule has 2 amide bonds. The second kappa shape index (κ2) is 10.3. The number of aliphatic imine (C=N–C) groups is 2. The van der Waals surface area contributed by atoms with Crippen LogP contribution in [0.5, 0.6) is 0 Å². The molecule has 1 saturated heterocycles. The second-order valence-electron chi connectivity index (χ2n) is 10.9. The van der Waals surface area contributed by atoms with E-state index < -0.39 is 41.4 Å². The van der Waals surface area contributed by atoms with Crippen LogP contribution in [0.1, 0.15) is 32.1 Å². The predicted molar refractivity (Wildman–Crippen MR) is 158 cm³/mol. The van der Waals surface area contributed by atoms with E-state index in [0.717, 1.165) is 16.7 Å². The Morgan fingerprint density at radius 1 is 1.00 bits per heavy atom. The summed E-state index contributed by atoms with van der Waals surface area (Å²) in [5.74, 6) is -3.70. The molecule has 3 aliphatic heterocycles. The molecule has 1 fully saturated rings. The number of nitrogens with zero attached hydrogens (tertiary/aromatic N) is 5. The lowest BCUT2D eigenvalue weighted by atomic mass is 9.85. The van der Waals surface area contributed by atoms with Crippen molar-refractivity contribution < 1.29 is 19.8 Å². The Labute approximate surface area is 246 Å². The highest BCUT2D eigenvalue weighted by Gasteiger charge is 2.73. The van der Waals surface area contributed by atoms with E-state index in [1.54, 1.807) is 31.2 Å². The lowest BCUT2D eigenvalue weighted by Gasteiger charge is -2.49. The molecule has 1 aromatic heterocycles. The first-order chi connectivity index (χ1) is 20.5. The van der Waals surface area contributed by atoms with Crippen LogP contribution in [-0.4, -0.2) is 91.7 Å². The van der Waals surface area contributed by atoms with Crippen molar-refractivity contribution in [2.45, 2.75) is 43.4 Å². The zero-order chi connectivity index (χ0) is 30.5. The number of benzene rings is 2. The number of hydrogen-bond acceptors (Lipinski definition) is 12. The van der Waals surface area contributed by atoms with Gasteiger partial charge in [0.2, 0.25) is 5.79 Å². The van der Waals surface area contributed by atoms with E-state index in [2.05, 4.69) is 36.1 Å². The molecule has 6 rings (SSSR count). The molecule has 14 nitrogen and oxygen atoms in total. The van der Waals surface area contributed by atoms with E-state index in [-0.39, 0.29) is 30.7 Å². The maximum atomic E-state index is 13.6. The number of rotatable bonds is 6. The summed E-state index contributed by atoms with van der Waals surface area (Å²) in [7, 11) is 0. The third kappa shape index (κ3) is 4.51. The molecule has 14 heteroatoms. The molecule has 9 N–H and O–H groups in total. The molecule has 3 aliphatic rings. The van der Waals surface area contributed by atoms with Gasteiger partial charge in [0, 0.05) is 18.7 Å². The highest BCUT2D eigenvalue weighted by Crippen LogP contribution is 2.44. The Hall–Kier alpha value is -5.08. The number of guanidine groups is 2. The van der Waals surface area contributed by atoms with Gasteiger partial charge in [-0.2, -0.15) is 5.10 Å². The smallest absolute Gasteiger partial charge is 0.271 e. The zero-order valence-electron chi connectivity index (χ0n) is 23.5. The number of aromatic nitrogens is 2. The van der Waals surface area contributed by atoms with Crippen LogP contribution in [0.3, 0.4) is 0 Å². The average molecular weight is 585 g/mol. The Morgan fingerprint density at radius 3 is 2.49 bits per heavy atom. The van der Waals surface area contributed by atoms with Gasteiger partial charge in [-0.15, -0.1) is 5.10 Å². The van der Waals surface area contributed by atoms with E-state index in [1.165, 1.54) is 4.90 Å². The number of carbonyl (C=O) groups excluding carboxylic acids is 2. The van der Waals surface area contributed by atoms with Crippen LogP contribution in [0.4, 0.5) is 0 Å². The fourth-order valence-corrected chi connectivity index (χ4v) is 6.11. The summed E-state index contributed by atoms with van der Waals surface area (Å²) in [4.78, 5) is 36.7.